The Morgan fingerprint density at radius 3 is 2.32 bits per heavy atom. The minimum absolute atomic E-state index is 0.0264. The Balaban J connectivity index is 1.29. The molecular weight excluding hydrogens is 528 g/mol. The summed E-state index contributed by atoms with van der Waals surface area (Å²) >= 11 is 3.81. The van der Waals surface area contributed by atoms with Crippen molar-refractivity contribution in [3.63, 3.8) is 0 Å². The highest BCUT2D eigenvalue weighted by Gasteiger charge is 2.59. The fraction of sp³-hybridized carbons (Fsp3) is 0.875. The molecule has 4 nitrogen and oxygen atoms in total. The molecule has 5 fully saturated rings. The van der Waals surface area contributed by atoms with Crippen LogP contribution >= 0.6 is 15.9 Å². The van der Waals surface area contributed by atoms with Crippen LogP contribution in [0.15, 0.2) is 23.3 Å². The van der Waals surface area contributed by atoms with Gasteiger partial charge in [0.1, 0.15) is 0 Å². The molecule has 0 bridgehead atoms. The molecule has 2 heterocycles. The van der Waals surface area contributed by atoms with Gasteiger partial charge in [-0.05, 0) is 99.7 Å². The van der Waals surface area contributed by atoms with Gasteiger partial charge in [0.05, 0.1) is 12.2 Å². The Bertz CT molecular complexity index is 874. The zero-order valence-electron chi connectivity index (χ0n) is 23.4. The summed E-state index contributed by atoms with van der Waals surface area (Å²) in [4.78, 5) is 0. The second kappa shape index (κ2) is 11.0. The Kier molecular flexibility index (Phi) is 8.02. The van der Waals surface area contributed by atoms with E-state index in [4.69, 9.17) is 18.9 Å². The molecule has 4 aliphatic carbocycles. The van der Waals surface area contributed by atoms with E-state index in [0.717, 1.165) is 68.9 Å². The number of fused-ring (bicyclic) bond motifs is 5. The molecule has 0 aromatic heterocycles. The number of ether oxygens (including phenoxy) is 4. The van der Waals surface area contributed by atoms with Gasteiger partial charge in [-0.15, -0.1) is 0 Å². The summed E-state index contributed by atoms with van der Waals surface area (Å²) in [6.45, 7) is 9.27. The quantitative estimate of drug-likeness (QED) is 0.300. The number of hydrogen-bond acceptors (Lipinski definition) is 4. The van der Waals surface area contributed by atoms with Crippen molar-refractivity contribution < 1.29 is 18.9 Å². The molecule has 3 saturated carbocycles. The maximum atomic E-state index is 6.97. The molecule has 37 heavy (non-hydrogen) atoms. The number of alkyl halides is 1. The van der Waals surface area contributed by atoms with Crippen molar-refractivity contribution >= 4 is 15.9 Å². The Morgan fingerprint density at radius 2 is 1.65 bits per heavy atom. The third-order valence-electron chi connectivity index (χ3n) is 11.5. The lowest BCUT2D eigenvalue weighted by Crippen LogP contribution is -2.55. The van der Waals surface area contributed by atoms with Crippen LogP contribution in [0.4, 0.5) is 0 Å². The summed E-state index contributed by atoms with van der Waals surface area (Å²) in [7, 11) is 0. The average Bonchev–Trinajstić information content (AvgIpc) is 3.27. The third kappa shape index (κ3) is 4.85. The van der Waals surface area contributed by atoms with Crippen molar-refractivity contribution in [1.29, 1.82) is 0 Å². The maximum Gasteiger partial charge on any atom is 0.157 e. The summed E-state index contributed by atoms with van der Waals surface area (Å²) in [5.41, 5.74) is 3.73. The first kappa shape index (κ1) is 27.0. The van der Waals surface area contributed by atoms with Gasteiger partial charge >= 0.3 is 0 Å². The second-order valence-electron chi connectivity index (χ2n) is 13.5. The Labute approximate surface area is 233 Å². The van der Waals surface area contributed by atoms with Crippen LogP contribution in [0.5, 0.6) is 0 Å². The summed E-state index contributed by atoms with van der Waals surface area (Å²) in [5.74, 6) is 2.85. The molecule has 10 atom stereocenters. The van der Waals surface area contributed by atoms with Gasteiger partial charge < -0.3 is 18.9 Å². The van der Waals surface area contributed by atoms with E-state index in [9.17, 15) is 0 Å². The van der Waals surface area contributed by atoms with Gasteiger partial charge in [-0.3, -0.25) is 0 Å². The molecule has 0 aromatic rings. The predicted octanol–water partition coefficient (Wildman–Crippen LogP) is 7.95. The van der Waals surface area contributed by atoms with Gasteiger partial charge in [-0.1, -0.05) is 60.0 Å². The van der Waals surface area contributed by atoms with E-state index >= 15 is 0 Å². The molecule has 6 rings (SSSR count). The molecule has 0 radical (unpaired) electrons. The van der Waals surface area contributed by atoms with E-state index < -0.39 is 0 Å². The zero-order valence-corrected chi connectivity index (χ0v) is 25.0. The summed E-state index contributed by atoms with van der Waals surface area (Å²) in [6.07, 6.45) is 19.3. The highest BCUT2D eigenvalue weighted by molar-refractivity contribution is 9.09. The monoisotopic (exact) mass is 576 g/mol. The first-order valence-corrected chi connectivity index (χ1v) is 16.6. The van der Waals surface area contributed by atoms with Crippen molar-refractivity contribution in [1.82, 2.24) is 0 Å². The van der Waals surface area contributed by atoms with Crippen LogP contribution in [0.25, 0.3) is 0 Å². The molecule has 0 amide bonds. The maximum absolute atomic E-state index is 6.97. The van der Waals surface area contributed by atoms with Crippen LogP contribution in [0.2, 0.25) is 0 Å². The topological polar surface area (TPSA) is 36.9 Å². The van der Waals surface area contributed by atoms with Crippen molar-refractivity contribution in [2.45, 2.75) is 123 Å². The van der Waals surface area contributed by atoms with Crippen LogP contribution < -0.4 is 0 Å². The van der Waals surface area contributed by atoms with Crippen LogP contribution in [-0.4, -0.2) is 43.3 Å². The lowest BCUT2D eigenvalue weighted by Gasteiger charge is -2.58. The summed E-state index contributed by atoms with van der Waals surface area (Å²) in [5, 5.41) is 1.12. The van der Waals surface area contributed by atoms with Crippen molar-refractivity contribution in [2.24, 2.45) is 34.5 Å². The molecule has 0 aromatic carbocycles. The standard InChI is InChI=1S/C32H49BrO4/c1-21(20-33)25-12-13-26-24-11-10-22-18-23(36-29-8-4-6-16-34-29)19-28(37-30-9-5-7-17-35-30)32(22,3)27(24)14-15-31(25,26)2/h10-11,21,23,25-30H,4-9,12-20H2,1-3H3/t21?,23-,25-,26+,27+,28+,29?,30?,31-,32+/m1/s1. The average molecular weight is 578 g/mol. The molecular formula is C32H49BrO4. The minimum Gasteiger partial charge on any atom is -0.353 e. The number of allylic oxidation sites excluding steroid dienone is 3. The first-order valence-electron chi connectivity index (χ1n) is 15.4. The SMILES string of the molecule is CC(CBr)[C@H]1CC[C@H]2C3=CC=C4C[C@@H](OC5CCCCO5)C[C@H](OC5CCCCO5)[C@]4(C)[C@H]3CC[C@]12C. The Hall–Kier alpha value is -0.200. The zero-order chi connectivity index (χ0) is 25.6. The van der Waals surface area contributed by atoms with E-state index in [2.05, 4.69) is 48.9 Å². The number of halogens is 1. The van der Waals surface area contributed by atoms with Gasteiger partial charge in [0.15, 0.2) is 12.6 Å². The molecule has 5 heteroatoms. The smallest absolute Gasteiger partial charge is 0.157 e. The van der Waals surface area contributed by atoms with Gasteiger partial charge in [-0.2, -0.15) is 0 Å². The fourth-order valence-electron chi connectivity index (χ4n) is 9.42. The third-order valence-corrected chi connectivity index (χ3v) is 12.6. The summed E-state index contributed by atoms with van der Waals surface area (Å²) < 4.78 is 25.7. The van der Waals surface area contributed by atoms with Gasteiger partial charge in [0.2, 0.25) is 0 Å². The van der Waals surface area contributed by atoms with Crippen molar-refractivity contribution in [2.75, 3.05) is 18.5 Å². The van der Waals surface area contributed by atoms with Crippen LogP contribution in [0.1, 0.15) is 97.8 Å². The van der Waals surface area contributed by atoms with E-state index in [0.29, 0.717) is 17.3 Å². The molecule has 3 unspecified atom stereocenters. The molecule has 6 aliphatic rings. The normalized spacial score (nSPS) is 46.8. The van der Waals surface area contributed by atoms with Crippen LogP contribution in [0, 0.1) is 34.5 Å². The van der Waals surface area contributed by atoms with E-state index in [1.807, 2.05) is 0 Å². The molecule has 2 saturated heterocycles. The van der Waals surface area contributed by atoms with Crippen LogP contribution in [0.3, 0.4) is 0 Å². The van der Waals surface area contributed by atoms with Crippen molar-refractivity contribution in [3.05, 3.63) is 23.3 Å². The van der Waals surface area contributed by atoms with Gasteiger partial charge in [0, 0.05) is 30.4 Å². The fourth-order valence-corrected chi connectivity index (χ4v) is 9.87. The lowest BCUT2D eigenvalue weighted by atomic mass is 9.49. The van der Waals surface area contributed by atoms with E-state index in [1.54, 1.807) is 11.1 Å². The number of rotatable bonds is 6. The highest BCUT2D eigenvalue weighted by Crippen LogP contribution is 2.66. The van der Waals surface area contributed by atoms with Gasteiger partial charge in [-0.25, -0.2) is 0 Å². The molecule has 2 aliphatic heterocycles. The highest BCUT2D eigenvalue weighted by atomic mass is 79.9. The number of hydrogen-bond donors (Lipinski definition) is 0. The lowest BCUT2D eigenvalue weighted by molar-refractivity contribution is -0.242. The van der Waals surface area contributed by atoms with Crippen molar-refractivity contribution in [3.8, 4) is 0 Å². The van der Waals surface area contributed by atoms with Crippen LogP contribution in [-0.2, 0) is 18.9 Å². The van der Waals surface area contributed by atoms with E-state index in [-0.39, 0.29) is 30.2 Å². The largest absolute Gasteiger partial charge is 0.353 e. The molecule has 0 spiro atoms. The minimum atomic E-state index is -0.0691. The molecule has 0 N–H and O–H groups in total. The van der Waals surface area contributed by atoms with Gasteiger partial charge in [0.25, 0.3) is 0 Å². The summed E-state index contributed by atoms with van der Waals surface area (Å²) in [6, 6.07) is 0. The molecule has 208 valence electrons. The first-order chi connectivity index (χ1) is 17.9. The predicted molar refractivity (Wildman–Crippen MR) is 150 cm³/mol. The second-order valence-corrected chi connectivity index (χ2v) is 14.2. The Morgan fingerprint density at radius 1 is 0.919 bits per heavy atom. The van der Waals surface area contributed by atoms with E-state index in [1.165, 1.54) is 38.5 Å².